The number of thiazole rings is 1. The van der Waals surface area contributed by atoms with Crippen LogP contribution >= 0.6 is 35.3 Å². The molecule has 0 saturated heterocycles. The molecule has 0 aliphatic rings. The summed E-state index contributed by atoms with van der Waals surface area (Å²) in [4.78, 5) is 20.1. The molecule has 2 aromatic carbocycles. The van der Waals surface area contributed by atoms with Gasteiger partial charge in [0.05, 0.1) is 13.2 Å². The van der Waals surface area contributed by atoms with Crippen LogP contribution in [0.1, 0.15) is 6.92 Å². The molecule has 0 fully saturated rings. The maximum atomic E-state index is 12.6. The number of hydrogen-bond acceptors (Lipinski definition) is 7. The van der Waals surface area contributed by atoms with E-state index in [-0.39, 0.29) is 5.56 Å². The third kappa shape index (κ3) is 4.58. The molecular formula is C21H19N3O3S3. The average Bonchev–Trinajstić information content (AvgIpc) is 3.09. The van der Waals surface area contributed by atoms with E-state index in [1.165, 1.54) is 23.1 Å². The third-order valence-electron chi connectivity index (χ3n) is 4.16. The Morgan fingerprint density at radius 1 is 1.10 bits per heavy atom. The molecule has 6 nitrogen and oxygen atoms in total. The van der Waals surface area contributed by atoms with Crippen LogP contribution in [0, 0.1) is 3.95 Å². The molecule has 0 aliphatic carbocycles. The number of aromatic amines is 1. The van der Waals surface area contributed by atoms with Crippen LogP contribution in [0.3, 0.4) is 0 Å². The van der Waals surface area contributed by atoms with Crippen molar-refractivity contribution < 1.29 is 9.47 Å². The van der Waals surface area contributed by atoms with Crippen LogP contribution in [-0.2, 0) is 0 Å². The number of nitrogens with zero attached hydrogens (tertiary/aromatic N) is 2. The van der Waals surface area contributed by atoms with E-state index in [2.05, 4.69) is 9.97 Å². The van der Waals surface area contributed by atoms with E-state index in [9.17, 15) is 4.79 Å². The van der Waals surface area contributed by atoms with Gasteiger partial charge in [-0.25, -0.2) is 4.98 Å². The second-order valence-electron chi connectivity index (χ2n) is 6.16. The first-order valence-electron chi connectivity index (χ1n) is 9.35. The molecule has 30 heavy (non-hydrogen) atoms. The van der Waals surface area contributed by atoms with Gasteiger partial charge in [-0.15, -0.1) is 0 Å². The summed E-state index contributed by atoms with van der Waals surface area (Å²) in [7, 11) is 0. The predicted molar refractivity (Wildman–Crippen MR) is 124 cm³/mol. The van der Waals surface area contributed by atoms with Crippen molar-refractivity contribution in [1.82, 2.24) is 14.5 Å². The first-order valence-corrected chi connectivity index (χ1v) is 11.6. The Labute approximate surface area is 186 Å². The number of fused-ring (bicyclic) bond motifs is 1. The molecule has 0 atom stereocenters. The Hall–Kier alpha value is -2.62. The first-order chi connectivity index (χ1) is 14.7. The monoisotopic (exact) mass is 457 g/mol. The fourth-order valence-electron chi connectivity index (χ4n) is 2.86. The SMILES string of the molecule is CCOc1ccc(-n2c(=S)sc3c(=O)[nH]c(SCCOc4ccccc4)nc32)cc1. The number of para-hydroxylation sites is 1. The van der Waals surface area contributed by atoms with Crippen molar-refractivity contribution in [2.45, 2.75) is 12.1 Å². The van der Waals surface area contributed by atoms with Crippen molar-refractivity contribution in [2.24, 2.45) is 0 Å². The molecule has 0 spiro atoms. The molecule has 154 valence electrons. The van der Waals surface area contributed by atoms with Gasteiger partial charge >= 0.3 is 0 Å². The quantitative estimate of drug-likeness (QED) is 0.172. The fourth-order valence-corrected chi connectivity index (χ4v) is 4.81. The Bertz CT molecular complexity index is 1250. The van der Waals surface area contributed by atoms with Crippen molar-refractivity contribution in [3.63, 3.8) is 0 Å². The van der Waals surface area contributed by atoms with Crippen LogP contribution in [0.15, 0.2) is 64.5 Å². The standard InChI is InChI=1S/C21H19N3O3S3/c1-2-26-16-10-8-14(9-11-16)24-18-17(30-21(24)28)19(25)23-20(22-18)29-13-12-27-15-6-4-3-5-7-15/h3-11H,2,12-13H2,1H3,(H,22,23,25). The molecule has 0 saturated carbocycles. The second-order valence-corrected chi connectivity index (χ2v) is 8.89. The normalized spacial score (nSPS) is 11.0. The summed E-state index contributed by atoms with van der Waals surface area (Å²) in [6, 6.07) is 17.2. The van der Waals surface area contributed by atoms with Gasteiger partial charge in [0, 0.05) is 11.4 Å². The minimum Gasteiger partial charge on any atom is -0.494 e. The highest BCUT2D eigenvalue weighted by atomic mass is 32.2. The summed E-state index contributed by atoms with van der Waals surface area (Å²) < 4.78 is 14.1. The maximum absolute atomic E-state index is 12.6. The number of hydrogen-bond donors (Lipinski definition) is 1. The zero-order valence-corrected chi connectivity index (χ0v) is 18.6. The largest absolute Gasteiger partial charge is 0.494 e. The summed E-state index contributed by atoms with van der Waals surface area (Å²) >= 11 is 8.20. The molecular weight excluding hydrogens is 438 g/mol. The van der Waals surface area contributed by atoms with Crippen molar-refractivity contribution in [1.29, 1.82) is 0 Å². The number of benzene rings is 2. The molecule has 2 aromatic heterocycles. The zero-order chi connectivity index (χ0) is 20.9. The molecule has 0 aliphatic heterocycles. The first kappa shape index (κ1) is 20.6. The van der Waals surface area contributed by atoms with Gasteiger partial charge in [0.1, 0.15) is 16.2 Å². The minimum atomic E-state index is -0.188. The fraction of sp³-hybridized carbons (Fsp3) is 0.190. The Kier molecular flexibility index (Phi) is 6.51. The van der Waals surface area contributed by atoms with Crippen LogP contribution < -0.4 is 15.0 Å². The average molecular weight is 458 g/mol. The summed E-state index contributed by atoms with van der Waals surface area (Å²) in [6.07, 6.45) is 0. The number of H-pyrrole nitrogens is 1. The summed E-state index contributed by atoms with van der Waals surface area (Å²) in [5.41, 5.74) is 1.22. The molecule has 1 N–H and O–H groups in total. The van der Waals surface area contributed by atoms with Gasteiger partial charge in [-0.3, -0.25) is 9.36 Å². The molecule has 4 aromatic rings. The van der Waals surface area contributed by atoms with E-state index in [4.69, 9.17) is 21.7 Å². The van der Waals surface area contributed by atoms with E-state index < -0.39 is 0 Å². The van der Waals surface area contributed by atoms with E-state index >= 15 is 0 Å². The van der Waals surface area contributed by atoms with Crippen molar-refractivity contribution in [3.05, 3.63) is 68.9 Å². The Balaban J connectivity index is 1.56. The lowest BCUT2D eigenvalue weighted by atomic mass is 10.3. The van der Waals surface area contributed by atoms with E-state index in [0.29, 0.717) is 38.4 Å². The molecule has 2 heterocycles. The van der Waals surface area contributed by atoms with E-state index in [1.54, 1.807) is 0 Å². The third-order valence-corrected chi connectivity index (χ3v) is 6.36. The summed E-state index contributed by atoms with van der Waals surface area (Å²) in [5.74, 6) is 2.25. The van der Waals surface area contributed by atoms with Gasteiger partial charge in [0.25, 0.3) is 5.56 Å². The number of aromatic nitrogens is 3. The minimum absolute atomic E-state index is 0.188. The summed E-state index contributed by atoms with van der Waals surface area (Å²) in [5, 5.41) is 0.539. The lowest BCUT2D eigenvalue weighted by Crippen LogP contribution is -2.10. The van der Waals surface area contributed by atoms with Gasteiger partial charge in [-0.05, 0) is 55.5 Å². The molecule has 4 rings (SSSR count). The topological polar surface area (TPSA) is 69.1 Å². The van der Waals surface area contributed by atoms with Gasteiger partial charge < -0.3 is 14.5 Å². The van der Waals surface area contributed by atoms with Crippen molar-refractivity contribution >= 4 is 45.7 Å². The molecule has 0 unspecified atom stereocenters. The van der Waals surface area contributed by atoms with E-state index in [1.807, 2.05) is 66.1 Å². The highest BCUT2D eigenvalue weighted by Gasteiger charge is 2.14. The van der Waals surface area contributed by atoms with Gasteiger partial charge in [0.15, 0.2) is 14.8 Å². The number of nitrogens with one attached hydrogen (secondary N) is 1. The van der Waals surface area contributed by atoms with Crippen molar-refractivity contribution in [2.75, 3.05) is 19.0 Å². The molecule has 0 amide bonds. The van der Waals surface area contributed by atoms with Crippen LogP contribution in [0.5, 0.6) is 11.5 Å². The van der Waals surface area contributed by atoms with Crippen LogP contribution in [0.25, 0.3) is 16.0 Å². The lowest BCUT2D eigenvalue weighted by Gasteiger charge is -2.08. The molecule has 0 radical (unpaired) electrons. The highest BCUT2D eigenvalue weighted by molar-refractivity contribution is 7.99. The van der Waals surface area contributed by atoms with Gasteiger partial charge in [-0.2, -0.15) is 0 Å². The molecule has 0 bridgehead atoms. The smallest absolute Gasteiger partial charge is 0.271 e. The van der Waals surface area contributed by atoms with Crippen LogP contribution in [0.4, 0.5) is 0 Å². The van der Waals surface area contributed by atoms with E-state index in [0.717, 1.165) is 17.2 Å². The van der Waals surface area contributed by atoms with Crippen molar-refractivity contribution in [3.8, 4) is 17.2 Å². The highest BCUT2D eigenvalue weighted by Crippen LogP contribution is 2.26. The van der Waals surface area contributed by atoms with Gasteiger partial charge in [-0.1, -0.05) is 41.3 Å². The van der Waals surface area contributed by atoms with Gasteiger partial charge in [0.2, 0.25) is 0 Å². The Morgan fingerprint density at radius 2 is 1.83 bits per heavy atom. The maximum Gasteiger partial charge on any atom is 0.271 e. The Morgan fingerprint density at radius 3 is 2.57 bits per heavy atom. The number of ether oxygens (including phenoxy) is 2. The van der Waals surface area contributed by atoms with Crippen LogP contribution in [-0.4, -0.2) is 33.5 Å². The predicted octanol–water partition coefficient (Wildman–Crippen LogP) is 5.07. The zero-order valence-electron chi connectivity index (χ0n) is 16.2. The second kappa shape index (κ2) is 9.46. The lowest BCUT2D eigenvalue weighted by molar-refractivity contribution is 0.340. The number of thioether (sulfide) groups is 1. The molecule has 9 heteroatoms. The summed E-state index contributed by atoms with van der Waals surface area (Å²) in [6.45, 7) is 3.05. The van der Waals surface area contributed by atoms with Crippen LogP contribution in [0.2, 0.25) is 0 Å². The number of rotatable bonds is 8.